The third-order valence-electron chi connectivity index (χ3n) is 2.87. The van der Waals surface area contributed by atoms with E-state index in [4.69, 9.17) is 5.11 Å². The first-order valence-electron chi connectivity index (χ1n) is 5.68. The molecule has 7 heteroatoms. The van der Waals surface area contributed by atoms with Crippen molar-refractivity contribution in [1.29, 1.82) is 0 Å². The number of aryl methyl sites for hydroxylation is 1. The van der Waals surface area contributed by atoms with Gasteiger partial charge in [0.1, 0.15) is 5.82 Å². The van der Waals surface area contributed by atoms with E-state index in [2.05, 4.69) is 0 Å². The van der Waals surface area contributed by atoms with E-state index in [-0.39, 0.29) is 17.7 Å². The maximum absolute atomic E-state index is 13.6. The van der Waals surface area contributed by atoms with Gasteiger partial charge in [0.05, 0.1) is 12.1 Å². The fourth-order valence-electron chi connectivity index (χ4n) is 1.73. The van der Waals surface area contributed by atoms with Crippen molar-refractivity contribution in [3.05, 3.63) is 68.2 Å². The highest BCUT2D eigenvalue weighted by molar-refractivity contribution is 5.87. The van der Waals surface area contributed by atoms with Gasteiger partial charge < -0.3 is 14.2 Å². The van der Waals surface area contributed by atoms with Crippen LogP contribution in [0.2, 0.25) is 0 Å². The number of carboxylic acids is 1. The standard InChI is InChI=1S/C13H11FN2O4/c1-15-4-5-16(12(18)11(15)17)7-9-6-8(13(19)20)2-3-10(9)14/h2-6H,7H2,1H3,(H,19,20). The number of rotatable bonds is 3. The molecule has 0 spiro atoms. The number of hydrogen-bond acceptors (Lipinski definition) is 3. The molecular formula is C13H11FN2O4. The molecule has 0 fully saturated rings. The van der Waals surface area contributed by atoms with Gasteiger partial charge in [-0.2, -0.15) is 0 Å². The number of hydrogen-bond donors (Lipinski definition) is 1. The van der Waals surface area contributed by atoms with Crippen molar-refractivity contribution in [1.82, 2.24) is 9.13 Å². The molecular weight excluding hydrogens is 267 g/mol. The van der Waals surface area contributed by atoms with Gasteiger partial charge in [0.25, 0.3) is 0 Å². The van der Waals surface area contributed by atoms with Crippen LogP contribution in [0, 0.1) is 5.82 Å². The maximum Gasteiger partial charge on any atom is 0.335 e. The van der Waals surface area contributed by atoms with Gasteiger partial charge >= 0.3 is 17.1 Å². The summed E-state index contributed by atoms with van der Waals surface area (Å²) >= 11 is 0. The molecule has 0 aliphatic rings. The molecule has 1 aromatic carbocycles. The zero-order valence-corrected chi connectivity index (χ0v) is 10.5. The van der Waals surface area contributed by atoms with Gasteiger partial charge in [-0.25, -0.2) is 9.18 Å². The summed E-state index contributed by atoms with van der Waals surface area (Å²) in [6.45, 7) is -0.206. The van der Waals surface area contributed by atoms with Crippen LogP contribution in [0.3, 0.4) is 0 Å². The van der Waals surface area contributed by atoms with Gasteiger partial charge in [-0.05, 0) is 18.2 Å². The Labute approximate surface area is 112 Å². The van der Waals surface area contributed by atoms with Gasteiger partial charge in [-0.1, -0.05) is 0 Å². The Hall–Kier alpha value is -2.70. The van der Waals surface area contributed by atoms with E-state index in [1.807, 2.05) is 0 Å². The molecule has 2 aromatic rings. The Morgan fingerprint density at radius 3 is 2.60 bits per heavy atom. The van der Waals surface area contributed by atoms with Crippen LogP contribution < -0.4 is 11.1 Å². The average molecular weight is 278 g/mol. The van der Waals surface area contributed by atoms with Crippen molar-refractivity contribution in [2.75, 3.05) is 0 Å². The second-order valence-corrected chi connectivity index (χ2v) is 4.26. The lowest BCUT2D eigenvalue weighted by atomic mass is 10.1. The number of aromatic carboxylic acids is 1. The lowest BCUT2D eigenvalue weighted by Crippen LogP contribution is -2.39. The molecule has 6 nitrogen and oxygen atoms in total. The summed E-state index contributed by atoms with van der Waals surface area (Å²) < 4.78 is 15.8. The lowest BCUT2D eigenvalue weighted by Gasteiger charge is -2.08. The Morgan fingerprint density at radius 1 is 1.25 bits per heavy atom. The number of halogens is 1. The zero-order valence-electron chi connectivity index (χ0n) is 10.5. The number of carbonyl (C=O) groups is 1. The molecule has 0 unspecified atom stereocenters. The van der Waals surface area contributed by atoms with E-state index in [0.29, 0.717) is 0 Å². The second-order valence-electron chi connectivity index (χ2n) is 4.26. The van der Waals surface area contributed by atoms with Crippen molar-refractivity contribution in [2.45, 2.75) is 6.54 Å². The third-order valence-corrected chi connectivity index (χ3v) is 2.87. The molecule has 1 heterocycles. The van der Waals surface area contributed by atoms with E-state index >= 15 is 0 Å². The molecule has 0 bridgehead atoms. The molecule has 0 atom stereocenters. The minimum absolute atomic E-state index is 0.0280. The SMILES string of the molecule is Cn1ccn(Cc2cc(C(=O)O)ccc2F)c(=O)c1=O. The first-order chi connectivity index (χ1) is 9.40. The van der Waals surface area contributed by atoms with E-state index in [0.717, 1.165) is 27.3 Å². The van der Waals surface area contributed by atoms with Crippen LogP contribution in [0.15, 0.2) is 40.2 Å². The number of nitrogens with zero attached hydrogens (tertiary/aromatic N) is 2. The predicted molar refractivity (Wildman–Crippen MR) is 68.4 cm³/mol. The smallest absolute Gasteiger partial charge is 0.335 e. The molecule has 104 valence electrons. The molecule has 0 radical (unpaired) electrons. The van der Waals surface area contributed by atoms with Gasteiger partial charge in [-0.15, -0.1) is 0 Å². The molecule has 20 heavy (non-hydrogen) atoms. The Bertz CT molecular complexity index is 792. The van der Waals surface area contributed by atoms with Crippen molar-refractivity contribution >= 4 is 5.97 Å². The number of aromatic nitrogens is 2. The summed E-state index contributed by atoms with van der Waals surface area (Å²) in [4.78, 5) is 34.0. The number of carboxylic acid groups (broad SMARTS) is 1. The van der Waals surface area contributed by atoms with Gasteiger partial charge in [0.15, 0.2) is 0 Å². The van der Waals surface area contributed by atoms with E-state index in [1.165, 1.54) is 19.4 Å². The summed E-state index contributed by atoms with van der Waals surface area (Å²) in [5.74, 6) is -1.83. The zero-order chi connectivity index (χ0) is 14.9. The topological polar surface area (TPSA) is 81.3 Å². The summed E-state index contributed by atoms with van der Waals surface area (Å²) in [6.07, 6.45) is 2.72. The van der Waals surface area contributed by atoms with Crippen LogP contribution in [-0.4, -0.2) is 20.2 Å². The lowest BCUT2D eigenvalue weighted by molar-refractivity contribution is 0.0696. The summed E-state index contributed by atoms with van der Waals surface area (Å²) in [5.41, 5.74) is -1.59. The van der Waals surface area contributed by atoms with Crippen LogP contribution in [0.4, 0.5) is 4.39 Å². The van der Waals surface area contributed by atoms with Crippen LogP contribution in [-0.2, 0) is 13.6 Å². The fourth-order valence-corrected chi connectivity index (χ4v) is 1.73. The van der Waals surface area contributed by atoms with Gasteiger partial charge in [0, 0.05) is 25.0 Å². The largest absolute Gasteiger partial charge is 0.478 e. The Morgan fingerprint density at radius 2 is 1.95 bits per heavy atom. The van der Waals surface area contributed by atoms with Crippen molar-refractivity contribution in [3.63, 3.8) is 0 Å². The van der Waals surface area contributed by atoms with Crippen LogP contribution in [0.5, 0.6) is 0 Å². The first-order valence-corrected chi connectivity index (χ1v) is 5.68. The fraction of sp³-hybridized carbons (Fsp3) is 0.154. The summed E-state index contributed by atoms with van der Waals surface area (Å²) in [7, 11) is 1.43. The minimum Gasteiger partial charge on any atom is -0.478 e. The normalized spacial score (nSPS) is 10.5. The molecule has 0 saturated heterocycles. The maximum atomic E-state index is 13.6. The molecule has 1 aromatic heterocycles. The van der Waals surface area contributed by atoms with Crippen molar-refractivity contribution in [2.24, 2.45) is 7.05 Å². The third kappa shape index (κ3) is 2.51. The molecule has 0 amide bonds. The van der Waals surface area contributed by atoms with Gasteiger partial charge in [-0.3, -0.25) is 9.59 Å². The van der Waals surface area contributed by atoms with E-state index in [9.17, 15) is 18.8 Å². The van der Waals surface area contributed by atoms with Crippen LogP contribution in [0.25, 0.3) is 0 Å². The highest BCUT2D eigenvalue weighted by Gasteiger charge is 2.10. The van der Waals surface area contributed by atoms with Gasteiger partial charge in [0.2, 0.25) is 0 Å². The predicted octanol–water partition coefficient (Wildman–Crippen LogP) is 0.433. The molecule has 0 saturated carbocycles. The Balaban J connectivity index is 2.48. The summed E-state index contributed by atoms with van der Waals surface area (Å²) in [6, 6.07) is 3.29. The molecule has 1 N–H and O–H groups in total. The van der Waals surface area contributed by atoms with E-state index in [1.54, 1.807) is 0 Å². The average Bonchev–Trinajstić information content (AvgIpc) is 2.41. The first kappa shape index (κ1) is 13.7. The number of benzene rings is 1. The second kappa shape index (κ2) is 5.12. The van der Waals surface area contributed by atoms with E-state index < -0.39 is 22.9 Å². The molecule has 0 aliphatic carbocycles. The quantitative estimate of drug-likeness (QED) is 0.826. The summed E-state index contributed by atoms with van der Waals surface area (Å²) in [5, 5.41) is 8.86. The monoisotopic (exact) mass is 278 g/mol. The van der Waals surface area contributed by atoms with Crippen molar-refractivity contribution < 1.29 is 14.3 Å². The Kier molecular flexibility index (Phi) is 3.51. The molecule has 0 aliphatic heterocycles. The highest BCUT2D eigenvalue weighted by atomic mass is 19.1. The highest BCUT2D eigenvalue weighted by Crippen LogP contribution is 2.11. The minimum atomic E-state index is -1.19. The van der Waals surface area contributed by atoms with Crippen LogP contribution in [0.1, 0.15) is 15.9 Å². The molecule has 2 rings (SSSR count). The van der Waals surface area contributed by atoms with Crippen molar-refractivity contribution in [3.8, 4) is 0 Å². The van der Waals surface area contributed by atoms with Crippen LogP contribution >= 0.6 is 0 Å².